The SMILES string of the molecule is C[n+]1ccn2nc(S/C=C/C3=C(C(=O)[O-])N4C(=O)[C@@H](NC(=O)/C(=N\OCC(F)(F)F)c5nsc(N)n5)[C@H]4SC3)ccc21. The molecule has 1 saturated heterocycles. The van der Waals surface area contributed by atoms with Crippen LogP contribution in [-0.4, -0.2) is 77.3 Å². The van der Waals surface area contributed by atoms with Gasteiger partial charge in [0.05, 0.1) is 18.7 Å². The van der Waals surface area contributed by atoms with Gasteiger partial charge >= 0.3 is 11.8 Å². The van der Waals surface area contributed by atoms with Gasteiger partial charge in [0.2, 0.25) is 18.1 Å². The fourth-order valence-electron chi connectivity index (χ4n) is 3.94. The number of carboxylic acid groups (broad SMARTS) is 1. The first-order chi connectivity index (χ1) is 19.9. The van der Waals surface area contributed by atoms with E-state index in [2.05, 4.69) is 29.8 Å². The van der Waals surface area contributed by atoms with E-state index in [9.17, 15) is 32.7 Å². The van der Waals surface area contributed by atoms with E-state index in [1.54, 1.807) is 28.3 Å². The number of fused-ring (bicyclic) bond motifs is 2. The minimum absolute atomic E-state index is 0.0901. The molecule has 220 valence electrons. The molecular formula is C22H18F3N9O5S3. The molecule has 0 aliphatic carbocycles. The summed E-state index contributed by atoms with van der Waals surface area (Å²) >= 11 is 3.07. The van der Waals surface area contributed by atoms with E-state index >= 15 is 0 Å². The van der Waals surface area contributed by atoms with Crippen molar-refractivity contribution in [1.82, 2.24) is 29.2 Å². The molecule has 5 rings (SSSR count). The van der Waals surface area contributed by atoms with E-state index in [1.807, 2.05) is 23.9 Å². The molecule has 2 atom stereocenters. The number of allylic oxidation sites excluding steroid dienone is 1. The number of thioether (sulfide) groups is 2. The predicted octanol–water partition coefficient (Wildman–Crippen LogP) is -0.415. The van der Waals surface area contributed by atoms with E-state index in [0.717, 1.165) is 10.5 Å². The molecule has 20 heteroatoms. The number of imidazole rings is 1. The lowest BCUT2D eigenvalue weighted by Crippen LogP contribution is -2.71. The maximum Gasteiger partial charge on any atom is 0.425 e. The summed E-state index contributed by atoms with van der Waals surface area (Å²) in [5.74, 6) is -3.73. The third-order valence-electron chi connectivity index (χ3n) is 5.80. The Hall–Kier alpha value is -4.17. The maximum absolute atomic E-state index is 13.0. The second-order valence-electron chi connectivity index (χ2n) is 8.61. The lowest BCUT2D eigenvalue weighted by Gasteiger charge is -2.50. The number of hydrogen-bond donors (Lipinski definition) is 2. The number of carboxylic acids is 1. The van der Waals surface area contributed by atoms with Gasteiger partial charge in [0, 0.05) is 23.4 Å². The zero-order chi connectivity index (χ0) is 30.2. The first-order valence-corrected chi connectivity index (χ1v) is 14.4. The molecule has 3 aromatic rings. The number of hydrogen-bond acceptors (Lipinski definition) is 13. The van der Waals surface area contributed by atoms with E-state index in [-0.39, 0.29) is 16.6 Å². The van der Waals surface area contributed by atoms with Crippen LogP contribution >= 0.6 is 35.1 Å². The van der Waals surface area contributed by atoms with Crippen molar-refractivity contribution in [3.8, 4) is 0 Å². The highest BCUT2D eigenvalue weighted by Crippen LogP contribution is 2.40. The molecule has 14 nitrogen and oxygen atoms in total. The monoisotopic (exact) mass is 641 g/mol. The average molecular weight is 642 g/mol. The Balaban J connectivity index is 1.30. The standard InChI is InChI=1S/C22H18F3N9O5S3/c1-32-5-6-33-12(32)3-2-11(29-33)40-7-4-10-8-41-19-14(18(36)34(19)15(10)20(37)38)27-17(35)13(16-28-21(26)42-31-16)30-39-9-22(23,24)25/h2-7,14,19H,8-9H2,1H3,(H3-,26,27,28,31,35,37,38)/b7-4+,30-13-/t14-,19-/m1/s1. The van der Waals surface area contributed by atoms with Crippen molar-refractivity contribution in [2.45, 2.75) is 22.6 Å². The Morgan fingerprint density at radius 2 is 2.19 bits per heavy atom. The number of halogens is 3. The van der Waals surface area contributed by atoms with Crippen molar-refractivity contribution in [2.75, 3.05) is 18.1 Å². The molecule has 42 heavy (non-hydrogen) atoms. The van der Waals surface area contributed by atoms with Crippen LogP contribution in [0.25, 0.3) is 5.65 Å². The largest absolute Gasteiger partial charge is 0.543 e. The molecular weight excluding hydrogens is 623 g/mol. The number of anilines is 1. The summed E-state index contributed by atoms with van der Waals surface area (Å²) in [6.07, 6.45) is 0.447. The smallest absolute Gasteiger partial charge is 0.425 e. The lowest BCUT2D eigenvalue weighted by molar-refractivity contribution is -0.644. The topological polar surface area (TPSA) is 184 Å². The summed E-state index contributed by atoms with van der Waals surface area (Å²) in [5, 5.41) is 23.4. The summed E-state index contributed by atoms with van der Waals surface area (Å²) in [5.41, 5.74) is 5.58. The number of aliphatic carboxylic acids is 1. The number of rotatable bonds is 9. The van der Waals surface area contributed by atoms with Crippen molar-refractivity contribution >= 4 is 69.3 Å². The first kappa shape index (κ1) is 29.3. The zero-order valence-corrected chi connectivity index (χ0v) is 23.6. The number of aryl methyl sites for hydroxylation is 1. The summed E-state index contributed by atoms with van der Waals surface area (Å²) in [6.45, 7) is -1.79. The number of oxime groups is 1. The summed E-state index contributed by atoms with van der Waals surface area (Å²) in [7, 11) is 1.88. The molecule has 0 saturated carbocycles. The van der Waals surface area contributed by atoms with Crippen LogP contribution in [0.3, 0.4) is 0 Å². The molecule has 5 heterocycles. The Morgan fingerprint density at radius 1 is 1.40 bits per heavy atom. The fraction of sp³-hybridized carbons (Fsp3) is 0.273. The molecule has 0 aromatic carbocycles. The quantitative estimate of drug-likeness (QED) is 0.102. The Kier molecular flexibility index (Phi) is 8.10. The fourth-order valence-corrected chi connectivity index (χ4v) is 6.35. The Labute approximate surface area is 246 Å². The van der Waals surface area contributed by atoms with Crippen LogP contribution in [0.1, 0.15) is 5.82 Å². The van der Waals surface area contributed by atoms with Crippen LogP contribution in [0.2, 0.25) is 0 Å². The molecule has 0 radical (unpaired) electrons. The van der Waals surface area contributed by atoms with Gasteiger partial charge in [-0.15, -0.1) is 16.3 Å². The molecule has 2 aliphatic rings. The minimum Gasteiger partial charge on any atom is -0.543 e. The van der Waals surface area contributed by atoms with Gasteiger partial charge in [0.15, 0.2) is 11.3 Å². The maximum atomic E-state index is 13.0. The van der Waals surface area contributed by atoms with Crippen molar-refractivity contribution in [2.24, 2.45) is 12.2 Å². The van der Waals surface area contributed by atoms with Crippen LogP contribution in [-0.2, 0) is 26.3 Å². The molecule has 0 bridgehead atoms. The molecule has 2 aliphatic heterocycles. The highest BCUT2D eigenvalue weighted by Gasteiger charge is 2.53. The molecule has 3 aromatic heterocycles. The third kappa shape index (κ3) is 6.04. The van der Waals surface area contributed by atoms with Crippen LogP contribution < -0.4 is 20.7 Å². The van der Waals surface area contributed by atoms with E-state index in [1.165, 1.54) is 23.5 Å². The average Bonchev–Trinajstić information content (AvgIpc) is 3.53. The number of nitrogens with one attached hydrogen (secondary N) is 1. The molecule has 1 fully saturated rings. The number of nitrogens with zero attached hydrogens (tertiary/aromatic N) is 7. The van der Waals surface area contributed by atoms with Gasteiger partial charge in [-0.05, 0) is 23.1 Å². The van der Waals surface area contributed by atoms with Gasteiger partial charge in [-0.2, -0.15) is 22.5 Å². The first-order valence-electron chi connectivity index (χ1n) is 11.7. The van der Waals surface area contributed by atoms with E-state index < -0.39 is 53.5 Å². The van der Waals surface area contributed by atoms with Crippen LogP contribution in [0.5, 0.6) is 0 Å². The number of carbonyl (C=O) groups excluding carboxylic acids is 3. The molecule has 3 N–H and O–H groups in total. The van der Waals surface area contributed by atoms with Gasteiger partial charge < -0.3 is 25.8 Å². The van der Waals surface area contributed by atoms with Gasteiger partial charge in [-0.1, -0.05) is 22.0 Å². The van der Waals surface area contributed by atoms with Gasteiger partial charge in [-0.25, -0.2) is 4.57 Å². The van der Waals surface area contributed by atoms with Crippen molar-refractivity contribution in [3.63, 3.8) is 0 Å². The lowest BCUT2D eigenvalue weighted by atomic mass is 10.0. The molecule has 0 unspecified atom stereocenters. The number of alkyl halides is 3. The van der Waals surface area contributed by atoms with Crippen LogP contribution in [0.15, 0.2) is 57.5 Å². The van der Waals surface area contributed by atoms with Gasteiger partial charge in [-0.3, -0.25) is 14.5 Å². The summed E-state index contributed by atoms with van der Waals surface area (Å²) in [6, 6.07) is 2.46. The highest BCUT2D eigenvalue weighted by atomic mass is 32.2. The van der Waals surface area contributed by atoms with Crippen molar-refractivity contribution in [1.29, 1.82) is 0 Å². The Morgan fingerprint density at radius 3 is 2.88 bits per heavy atom. The predicted molar refractivity (Wildman–Crippen MR) is 141 cm³/mol. The zero-order valence-electron chi connectivity index (χ0n) is 21.1. The van der Waals surface area contributed by atoms with E-state index in [4.69, 9.17) is 5.73 Å². The molecule has 0 spiro atoms. The van der Waals surface area contributed by atoms with E-state index in [0.29, 0.717) is 22.1 Å². The number of amides is 2. The van der Waals surface area contributed by atoms with Crippen LogP contribution in [0, 0.1) is 0 Å². The van der Waals surface area contributed by atoms with Crippen molar-refractivity contribution in [3.05, 3.63) is 53.1 Å². The normalized spacial score (nSPS) is 19.3. The summed E-state index contributed by atoms with van der Waals surface area (Å²) in [4.78, 5) is 46.9. The number of nitrogens with two attached hydrogens (primary N) is 1. The molecule has 2 amide bonds. The van der Waals surface area contributed by atoms with Gasteiger partial charge in [0.1, 0.15) is 22.6 Å². The highest BCUT2D eigenvalue weighted by molar-refractivity contribution is 8.02. The van der Waals surface area contributed by atoms with Crippen LogP contribution in [0.4, 0.5) is 18.3 Å². The number of nitrogen functional groups attached to an aromatic ring is 1. The number of β-lactam (4-membered cyclic amide) rings is 1. The minimum atomic E-state index is -4.73. The van der Waals surface area contributed by atoms with Crippen molar-refractivity contribution < 1.29 is 42.1 Å². The number of aromatic nitrogens is 5. The third-order valence-corrected chi connectivity index (χ3v) is 8.37. The number of carbonyl (C=O) groups is 3. The van der Waals surface area contributed by atoms with Gasteiger partial charge in [0.25, 0.3) is 11.8 Å². The summed E-state index contributed by atoms with van der Waals surface area (Å²) < 4.78 is 44.9. The second kappa shape index (κ2) is 11.6. The Bertz CT molecular complexity index is 1670. The second-order valence-corrected chi connectivity index (χ2v) is 11.4.